The molecule has 0 aliphatic rings. The van der Waals surface area contributed by atoms with Gasteiger partial charge in [-0.25, -0.2) is 4.98 Å². The van der Waals surface area contributed by atoms with E-state index >= 15 is 0 Å². The molecule has 0 spiro atoms. The molecule has 3 N–H and O–H groups in total. The Morgan fingerprint density at radius 2 is 2.03 bits per heavy atom. The zero-order chi connectivity index (χ0) is 23.3. The topological polar surface area (TPSA) is 99.0 Å². The van der Waals surface area contributed by atoms with Gasteiger partial charge in [0.15, 0.2) is 5.78 Å². The molecule has 32 heavy (non-hydrogen) atoms. The monoisotopic (exact) mass is 443 g/mol. The van der Waals surface area contributed by atoms with Crippen LogP contribution in [-0.4, -0.2) is 71.4 Å². The molecule has 8 heteroatoms. The van der Waals surface area contributed by atoms with Crippen molar-refractivity contribution in [3.8, 4) is 0 Å². The second kappa shape index (κ2) is 13.6. The molecule has 0 radical (unpaired) electrons. The van der Waals surface area contributed by atoms with E-state index < -0.39 is 6.61 Å². The fourth-order valence-corrected chi connectivity index (χ4v) is 3.34. The summed E-state index contributed by atoms with van der Waals surface area (Å²) in [6, 6.07) is 3.81. The van der Waals surface area contributed by atoms with Crippen molar-refractivity contribution in [1.29, 1.82) is 0 Å². The van der Waals surface area contributed by atoms with E-state index in [-0.39, 0.29) is 11.7 Å². The predicted molar refractivity (Wildman–Crippen MR) is 129 cm³/mol. The Hall–Kier alpha value is -2.71. The number of aliphatic hydroxyl groups excluding tert-OH is 1. The van der Waals surface area contributed by atoms with Gasteiger partial charge < -0.3 is 20.6 Å². The SMILES string of the molecule is CCCCCCc1nc2cc(/C=C/C(=O)CO)ccn2c1NCCC(=O)NCCN(C)C. The number of aliphatic hydroxyl groups is 1. The van der Waals surface area contributed by atoms with E-state index in [0.29, 0.717) is 19.5 Å². The van der Waals surface area contributed by atoms with Crippen LogP contribution in [0.3, 0.4) is 0 Å². The van der Waals surface area contributed by atoms with Crippen LogP contribution in [0.5, 0.6) is 0 Å². The number of aromatic nitrogens is 2. The largest absolute Gasteiger partial charge is 0.388 e. The molecule has 1 amide bonds. The number of carbonyl (C=O) groups excluding carboxylic acids is 2. The minimum Gasteiger partial charge on any atom is -0.388 e. The number of likely N-dealkylation sites (N-methyl/N-ethyl adjacent to an activating group) is 1. The fraction of sp³-hybridized carbons (Fsp3) is 0.542. The number of hydrogen-bond acceptors (Lipinski definition) is 6. The second-order valence-corrected chi connectivity index (χ2v) is 8.19. The Morgan fingerprint density at radius 3 is 2.75 bits per heavy atom. The molecule has 2 heterocycles. The molecule has 0 aliphatic heterocycles. The van der Waals surface area contributed by atoms with Gasteiger partial charge in [0.05, 0.1) is 5.69 Å². The Morgan fingerprint density at radius 1 is 1.22 bits per heavy atom. The molecule has 2 aromatic heterocycles. The Kier molecular flexibility index (Phi) is 10.9. The zero-order valence-electron chi connectivity index (χ0n) is 19.6. The number of pyridine rings is 1. The van der Waals surface area contributed by atoms with Crippen molar-refractivity contribution in [3.05, 3.63) is 35.7 Å². The third-order valence-electron chi connectivity index (χ3n) is 5.13. The first-order valence-corrected chi connectivity index (χ1v) is 11.4. The van der Waals surface area contributed by atoms with Crippen LogP contribution in [-0.2, 0) is 16.0 Å². The van der Waals surface area contributed by atoms with Gasteiger partial charge in [0.1, 0.15) is 18.1 Å². The van der Waals surface area contributed by atoms with Gasteiger partial charge in [0.25, 0.3) is 0 Å². The number of anilines is 1. The molecule has 0 atom stereocenters. The molecular formula is C24H37N5O3. The number of unbranched alkanes of at least 4 members (excludes halogenated alkanes) is 3. The molecule has 176 valence electrons. The number of amides is 1. The number of ketones is 1. The molecule has 0 bridgehead atoms. The van der Waals surface area contributed by atoms with Crippen LogP contribution in [0.25, 0.3) is 11.7 Å². The number of aryl methyl sites for hydroxylation is 1. The highest BCUT2D eigenvalue weighted by atomic mass is 16.3. The maximum Gasteiger partial charge on any atom is 0.221 e. The second-order valence-electron chi connectivity index (χ2n) is 8.19. The van der Waals surface area contributed by atoms with Gasteiger partial charge in [-0.3, -0.25) is 14.0 Å². The lowest BCUT2D eigenvalue weighted by Gasteiger charge is -2.11. The van der Waals surface area contributed by atoms with Crippen molar-refractivity contribution in [2.24, 2.45) is 0 Å². The lowest BCUT2D eigenvalue weighted by molar-refractivity contribution is -0.121. The number of hydrogen-bond donors (Lipinski definition) is 3. The minimum absolute atomic E-state index is 0.0265. The summed E-state index contributed by atoms with van der Waals surface area (Å²) in [6.45, 7) is 3.67. The van der Waals surface area contributed by atoms with Crippen LogP contribution in [0.4, 0.5) is 5.82 Å². The van der Waals surface area contributed by atoms with E-state index in [2.05, 4.69) is 17.6 Å². The number of rotatable bonds is 15. The summed E-state index contributed by atoms with van der Waals surface area (Å²) in [7, 11) is 3.96. The summed E-state index contributed by atoms with van der Waals surface area (Å²) >= 11 is 0. The minimum atomic E-state index is -0.499. The van der Waals surface area contributed by atoms with Crippen LogP contribution in [0.1, 0.15) is 50.3 Å². The van der Waals surface area contributed by atoms with Crippen LogP contribution in [0.2, 0.25) is 0 Å². The van der Waals surface area contributed by atoms with Gasteiger partial charge in [-0.15, -0.1) is 0 Å². The van der Waals surface area contributed by atoms with Crippen molar-refractivity contribution in [1.82, 2.24) is 19.6 Å². The Bertz CT molecular complexity index is 904. The van der Waals surface area contributed by atoms with E-state index in [1.807, 2.05) is 41.7 Å². The van der Waals surface area contributed by atoms with Crippen molar-refractivity contribution < 1.29 is 14.7 Å². The summed E-state index contributed by atoms with van der Waals surface area (Å²) in [4.78, 5) is 30.3. The average Bonchev–Trinajstić information content (AvgIpc) is 3.11. The van der Waals surface area contributed by atoms with E-state index in [4.69, 9.17) is 10.1 Å². The highest BCUT2D eigenvalue weighted by Gasteiger charge is 2.13. The Balaban J connectivity index is 2.10. The highest BCUT2D eigenvalue weighted by Crippen LogP contribution is 2.22. The van der Waals surface area contributed by atoms with E-state index in [0.717, 1.165) is 48.5 Å². The van der Waals surface area contributed by atoms with Crippen LogP contribution in [0, 0.1) is 0 Å². The lowest BCUT2D eigenvalue weighted by atomic mass is 10.1. The average molecular weight is 444 g/mol. The summed E-state index contributed by atoms with van der Waals surface area (Å²) in [5, 5.41) is 15.2. The number of nitrogens with zero attached hydrogens (tertiary/aromatic N) is 3. The first-order valence-electron chi connectivity index (χ1n) is 11.4. The molecule has 0 aliphatic carbocycles. The van der Waals surface area contributed by atoms with Crippen LogP contribution >= 0.6 is 0 Å². The first-order chi connectivity index (χ1) is 15.4. The van der Waals surface area contributed by atoms with Gasteiger partial charge >= 0.3 is 0 Å². The molecule has 0 fully saturated rings. The Labute approximate surface area is 190 Å². The fourth-order valence-electron chi connectivity index (χ4n) is 3.34. The molecule has 0 saturated carbocycles. The van der Waals surface area contributed by atoms with Gasteiger partial charge in [0, 0.05) is 32.3 Å². The summed E-state index contributed by atoms with van der Waals surface area (Å²) < 4.78 is 1.99. The van der Waals surface area contributed by atoms with E-state index in [1.54, 1.807) is 6.08 Å². The summed E-state index contributed by atoms with van der Waals surface area (Å²) in [5.74, 6) is 0.606. The maximum atomic E-state index is 12.1. The normalized spacial score (nSPS) is 11.5. The van der Waals surface area contributed by atoms with Crippen molar-refractivity contribution in [2.75, 3.05) is 45.7 Å². The quantitative estimate of drug-likeness (QED) is 0.289. The van der Waals surface area contributed by atoms with Gasteiger partial charge in [-0.1, -0.05) is 32.3 Å². The molecule has 0 unspecified atom stereocenters. The standard InChI is InChI=1S/C24H37N5O3/c1-4-5-6-7-8-21-24(26-13-11-23(32)25-14-16-28(2)3)29-15-12-19(17-22(29)27-21)9-10-20(31)18-30/h9-10,12,15,17,26,30H,4-8,11,13-14,16,18H2,1-3H3,(H,25,32)/b10-9+. The molecule has 2 rings (SSSR count). The number of nitrogens with one attached hydrogen (secondary N) is 2. The predicted octanol–water partition coefficient (Wildman–Crippen LogP) is 2.51. The van der Waals surface area contributed by atoms with Crippen LogP contribution in [0.15, 0.2) is 24.4 Å². The van der Waals surface area contributed by atoms with E-state index in [1.165, 1.54) is 18.9 Å². The van der Waals surface area contributed by atoms with Crippen molar-refractivity contribution in [3.63, 3.8) is 0 Å². The van der Waals surface area contributed by atoms with Crippen molar-refractivity contribution in [2.45, 2.75) is 45.4 Å². The highest BCUT2D eigenvalue weighted by molar-refractivity contribution is 5.94. The van der Waals surface area contributed by atoms with Crippen LogP contribution < -0.4 is 10.6 Å². The summed E-state index contributed by atoms with van der Waals surface area (Å²) in [5.41, 5.74) is 2.61. The van der Waals surface area contributed by atoms with Gasteiger partial charge in [-0.2, -0.15) is 0 Å². The third-order valence-corrected chi connectivity index (χ3v) is 5.13. The smallest absolute Gasteiger partial charge is 0.221 e. The first kappa shape index (κ1) is 25.5. The molecule has 8 nitrogen and oxygen atoms in total. The molecule has 0 aromatic carbocycles. The number of carbonyl (C=O) groups is 2. The molecular weight excluding hydrogens is 406 g/mol. The lowest BCUT2D eigenvalue weighted by Crippen LogP contribution is -2.32. The molecule has 0 saturated heterocycles. The maximum absolute atomic E-state index is 12.1. The number of fused-ring (bicyclic) bond motifs is 1. The number of imidazole rings is 1. The van der Waals surface area contributed by atoms with E-state index in [9.17, 15) is 9.59 Å². The van der Waals surface area contributed by atoms with Crippen molar-refractivity contribution >= 4 is 29.2 Å². The third kappa shape index (κ3) is 8.43. The zero-order valence-corrected chi connectivity index (χ0v) is 19.6. The van der Waals surface area contributed by atoms with Gasteiger partial charge in [-0.05, 0) is 50.7 Å². The summed E-state index contributed by atoms with van der Waals surface area (Å²) in [6.07, 6.45) is 10.8. The molecule has 2 aromatic rings. The van der Waals surface area contributed by atoms with Gasteiger partial charge in [0.2, 0.25) is 5.91 Å².